The van der Waals surface area contributed by atoms with Crippen LogP contribution >= 0.6 is 0 Å². The third kappa shape index (κ3) is 4.91. The number of hydrogen-bond acceptors (Lipinski definition) is 5. The molecule has 1 heterocycles. The van der Waals surface area contributed by atoms with Crippen LogP contribution in [0.25, 0.3) is 0 Å². The van der Waals surface area contributed by atoms with Crippen LogP contribution in [0, 0.1) is 0 Å². The third-order valence-corrected chi connectivity index (χ3v) is 4.57. The summed E-state index contributed by atoms with van der Waals surface area (Å²) < 4.78 is 5.33. The zero-order valence-corrected chi connectivity index (χ0v) is 14.9. The van der Waals surface area contributed by atoms with Crippen molar-refractivity contribution in [3.05, 3.63) is 0 Å². The van der Waals surface area contributed by atoms with E-state index in [1.54, 1.807) is 0 Å². The molecule has 130 valence electrons. The van der Waals surface area contributed by atoms with Crippen LogP contribution in [0.3, 0.4) is 0 Å². The fraction of sp³-hybridized carbons (Fsp3) is 0.938. The van der Waals surface area contributed by atoms with Crippen molar-refractivity contribution in [2.75, 3.05) is 46.5 Å². The normalized spacial score (nSPS) is 23.0. The average molecular weight is 314 g/mol. The molecule has 1 aliphatic heterocycles. The number of ether oxygens (including phenoxy) is 1. The zero-order valence-electron chi connectivity index (χ0n) is 14.9. The number of likely N-dealkylation sites (tertiary alicyclic amines) is 1. The second-order valence-electron chi connectivity index (χ2n) is 6.00. The van der Waals surface area contributed by atoms with Gasteiger partial charge in [-0.1, -0.05) is 6.92 Å². The Balaban J connectivity index is 2.79. The van der Waals surface area contributed by atoms with E-state index in [1.807, 2.05) is 13.8 Å². The number of hydrogen-bond donors (Lipinski definition) is 2. The highest BCUT2D eigenvalue weighted by Gasteiger charge is 2.41. The van der Waals surface area contributed by atoms with Gasteiger partial charge in [-0.2, -0.15) is 0 Å². The summed E-state index contributed by atoms with van der Waals surface area (Å²) in [6.07, 6.45) is 2.17. The Labute approximate surface area is 135 Å². The molecule has 0 spiro atoms. The van der Waals surface area contributed by atoms with Crippen molar-refractivity contribution < 1.29 is 9.84 Å². The Morgan fingerprint density at radius 3 is 2.82 bits per heavy atom. The number of rotatable bonds is 9. The summed E-state index contributed by atoms with van der Waals surface area (Å²) in [4.78, 5) is 9.18. The number of amidine groups is 1. The van der Waals surface area contributed by atoms with Gasteiger partial charge in [-0.3, -0.25) is 14.8 Å². The standard InChI is InChI=1S/C16H34N4O2/c1-6-19(5)16(4,20-11-8-9-15(20)13-21)18-14(3)17-10-12-22-7-2/h15,21H,6-13H2,1-5H3,(H,17,18). The van der Waals surface area contributed by atoms with Crippen LogP contribution in [-0.4, -0.2) is 79.1 Å². The summed E-state index contributed by atoms with van der Waals surface area (Å²) in [5, 5.41) is 13.2. The number of aliphatic hydroxyl groups excluding tert-OH is 1. The number of nitrogens with zero attached hydrogens (tertiary/aromatic N) is 3. The minimum absolute atomic E-state index is 0.204. The fourth-order valence-corrected chi connectivity index (χ4v) is 3.10. The molecule has 1 aliphatic rings. The first-order valence-electron chi connectivity index (χ1n) is 8.45. The van der Waals surface area contributed by atoms with Crippen molar-refractivity contribution >= 4 is 5.84 Å². The highest BCUT2D eigenvalue weighted by molar-refractivity contribution is 5.80. The van der Waals surface area contributed by atoms with E-state index in [-0.39, 0.29) is 18.4 Å². The molecule has 0 saturated carbocycles. The van der Waals surface area contributed by atoms with Crippen LogP contribution in [0.15, 0.2) is 4.99 Å². The zero-order chi connectivity index (χ0) is 16.6. The van der Waals surface area contributed by atoms with E-state index in [0.717, 1.165) is 38.4 Å². The monoisotopic (exact) mass is 314 g/mol. The Morgan fingerprint density at radius 2 is 2.23 bits per heavy atom. The highest BCUT2D eigenvalue weighted by atomic mass is 16.5. The molecule has 2 atom stereocenters. The highest BCUT2D eigenvalue weighted by Crippen LogP contribution is 2.27. The Kier molecular flexibility index (Phi) is 8.31. The van der Waals surface area contributed by atoms with E-state index in [2.05, 4.69) is 41.0 Å². The SMILES string of the molecule is CCOCCN=C(C)NC(C)(N(C)CC)N1CCCC1CO. The van der Waals surface area contributed by atoms with Crippen LogP contribution in [0.4, 0.5) is 0 Å². The molecule has 0 radical (unpaired) electrons. The topological polar surface area (TPSA) is 60.3 Å². The molecule has 0 bridgehead atoms. The number of aliphatic hydroxyl groups is 1. The largest absolute Gasteiger partial charge is 0.395 e. The van der Waals surface area contributed by atoms with Crippen molar-refractivity contribution in [2.45, 2.75) is 52.4 Å². The molecule has 0 amide bonds. The molecule has 6 heteroatoms. The lowest BCUT2D eigenvalue weighted by Gasteiger charge is -2.48. The maximum absolute atomic E-state index is 9.65. The molecular formula is C16H34N4O2. The van der Waals surface area contributed by atoms with Crippen LogP contribution < -0.4 is 5.32 Å². The molecule has 2 unspecified atom stereocenters. The van der Waals surface area contributed by atoms with Gasteiger partial charge in [-0.15, -0.1) is 0 Å². The first-order chi connectivity index (χ1) is 10.5. The summed E-state index contributed by atoms with van der Waals surface area (Å²) >= 11 is 0. The molecule has 0 aromatic rings. The molecule has 0 aromatic carbocycles. The summed E-state index contributed by atoms with van der Waals surface area (Å²) in [5.74, 6) is 0.573. The summed E-state index contributed by atoms with van der Waals surface area (Å²) in [6, 6.07) is 0.211. The van der Waals surface area contributed by atoms with Gasteiger partial charge in [0.05, 0.1) is 25.6 Å². The predicted molar refractivity (Wildman–Crippen MR) is 91.1 cm³/mol. The first kappa shape index (κ1) is 19.4. The van der Waals surface area contributed by atoms with E-state index in [4.69, 9.17) is 4.74 Å². The summed E-state index contributed by atoms with van der Waals surface area (Å²) in [7, 11) is 2.10. The maximum atomic E-state index is 9.65. The van der Waals surface area contributed by atoms with Gasteiger partial charge >= 0.3 is 0 Å². The maximum Gasteiger partial charge on any atom is 0.146 e. The van der Waals surface area contributed by atoms with Crippen molar-refractivity contribution in [2.24, 2.45) is 4.99 Å². The number of nitrogens with one attached hydrogen (secondary N) is 1. The van der Waals surface area contributed by atoms with E-state index in [1.165, 1.54) is 0 Å². The average Bonchev–Trinajstić information content (AvgIpc) is 2.99. The predicted octanol–water partition coefficient (Wildman–Crippen LogP) is 1.11. The van der Waals surface area contributed by atoms with E-state index in [9.17, 15) is 5.11 Å². The second-order valence-corrected chi connectivity index (χ2v) is 6.00. The summed E-state index contributed by atoms with van der Waals surface area (Å²) in [5.41, 5.74) is 0. The molecular weight excluding hydrogens is 280 g/mol. The number of aliphatic imine (C=N–C) groups is 1. The van der Waals surface area contributed by atoms with Gasteiger partial charge in [0.25, 0.3) is 0 Å². The second kappa shape index (κ2) is 9.45. The van der Waals surface area contributed by atoms with Crippen LogP contribution in [-0.2, 0) is 4.74 Å². The molecule has 1 rings (SSSR count). The van der Waals surface area contributed by atoms with Crippen molar-refractivity contribution in [3.63, 3.8) is 0 Å². The van der Waals surface area contributed by atoms with Gasteiger partial charge in [0.2, 0.25) is 0 Å². The molecule has 1 saturated heterocycles. The lowest BCUT2D eigenvalue weighted by molar-refractivity contribution is -0.0595. The minimum atomic E-state index is -0.335. The lowest BCUT2D eigenvalue weighted by atomic mass is 10.2. The Hall–Kier alpha value is -0.690. The fourth-order valence-electron chi connectivity index (χ4n) is 3.10. The summed E-state index contributed by atoms with van der Waals surface area (Å²) in [6.45, 7) is 12.5. The van der Waals surface area contributed by atoms with Crippen molar-refractivity contribution in [1.82, 2.24) is 15.1 Å². The van der Waals surface area contributed by atoms with E-state index < -0.39 is 0 Å². The van der Waals surface area contributed by atoms with E-state index in [0.29, 0.717) is 13.2 Å². The smallest absolute Gasteiger partial charge is 0.146 e. The molecule has 6 nitrogen and oxygen atoms in total. The lowest BCUT2D eigenvalue weighted by Crippen LogP contribution is -2.68. The van der Waals surface area contributed by atoms with Crippen LogP contribution in [0.1, 0.15) is 40.5 Å². The van der Waals surface area contributed by atoms with Gasteiger partial charge in [0, 0.05) is 19.2 Å². The first-order valence-corrected chi connectivity index (χ1v) is 8.45. The molecule has 2 N–H and O–H groups in total. The van der Waals surface area contributed by atoms with Crippen LogP contribution in [0.5, 0.6) is 0 Å². The van der Waals surface area contributed by atoms with Gasteiger partial charge in [0.1, 0.15) is 5.79 Å². The van der Waals surface area contributed by atoms with Crippen molar-refractivity contribution in [1.29, 1.82) is 0 Å². The third-order valence-electron chi connectivity index (χ3n) is 4.57. The van der Waals surface area contributed by atoms with E-state index >= 15 is 0 Å². The van der Waals surface area contributed by atoms with Gasteiger partial charge < -0.3 is 15.2 Å². The Morgan fingerprint density at radius 1 is 1.50 bits per heavy atom. The molecule has 0 aromatic heterocycles. The van der Waals surface area contributed by atoms with Gasteiger partial charge in [-0.05, 0) is 47.2 Å². The Bertz CT molecular complexity index is 351. The minimum Gasteiger partial charge on any atom is -0.395 e. The quantitative estimate of drug-likeness (QED) is 0.289. The molecule has 22 heavy (non-hydrogen) atoms. The van der Waals surface area contributed by atoms with Gasteiger partial charge in [0.15, 0.2) is 0 Å². The van der Waals surface area contributed by atoms with Crippen molar-refractivity contribution in [3.8, 4) is 0 Å². The molecule has 1 fully saturated rings. The van der Waals surface area contributed by atoms with Crippen LogP contribution in [0.2, 0.25) is 0 Å². The molecule has 0 aliphatic carbocycles. The van der Waals surface area contributed by atoms with Gasteiger partial charge in [-0.25, -0.2) is 0 Å².